The third-order valence-electron chi connectivity index (χ3n) is 4.68. The minimum Gasteiger partial charge on any atom is -0.293 e. The van der Waals surface area contributed by atoms with E-state index in [0.717, 1.165) is 0 Å². The number of hydrogen-bond acceptors (Lipinski definition) is 5. The molecule has 2 aliphatic carbocycles. The summed E-state index contributed by atoms with van der Waals surface area (Å²) in [5.74, 6) is -0.714. The number of rotatable bonds is 2. The van der Waals surface area contributed by atoms with Gasteiger partial charge in [-0.15, -0.1) is 0 Å². The van der Waals surface area contributed by atoms with Crippen LogP contribution >= 0.6 is 0 Å². The van der Waals surface area contributed by atoms with E-state index in [1.165, 1.54) is 18.2 Å². The Hall–Kier alpha value is -3.41. The summed E-state index contributed by atoms with van der Waals surface area (Å²) in [5, 5.41) is 11.2. The number of Topliss-reactive ketones (excluding diaryl/α,β-unsaturated/α-hetero) is 1. The van der Waals surface area contributed by atoms with Gasteiger partial charge in [-0.2, -0.15) is 0 Å². The van der Waals surface area contributed by atoms with Crippen molar-refractivity contribution in [2.45, 2.75) is 13.3 Å². The Morgan fingerprint density at radius 2 is 1.96 bits per heavy atom. The molecule has 0 radical (unpaired) electrons. The molecule has 0 fully saturated rings. The van der Waals surface area contributed by atoms with Crippen molar-refractivity contribution in [2.75, 3.05) is 0 Å². The Balaban J connectivity index is 2.09. The van der Waals surface area contributed by atoms with Crippen LogP contribution in [0, 0.1) is 16.0 Å². The quantitative estimate of drug-likeness (QED) is 0.609. The SMILES string of the molecule is CC1C=Cc2nc3c(c(-c4cccc([N+](=O)[O-])c4)c2C1=O)C(=O)C=CC3. The van der Waals surface area contributed by atoms with Crippen molar-refractivity contribution >= 4 is 23.3 Å². The first kappa shape index (κ1) is 16.1. The molecule has 0 saturated carbocycles. The highest BCUT2D eigenvalue weighted by Crippen LogP contribution is 2.38. The molecule has 1 unspecified atom stereocenters. The van der Waals surface area contributed by atoms with Crippen LogP contribution in [0.2, 0.25) is 0 Å². The van der Waals surface area contributed by atoms with Crippen molar-refractivity contribution in [1.82, 2.24) is 4.98 Å². The largest absolute Gasteiger partial charge is 0.293 e. The fourth-order valence-corrected chi connectivity index (χ4v) is 3.41. The molecule has 1 heterocycles. The number of nitro benzene ring substituents is 1. The number of fused-ring (bicyclic) bond motifs is 2. The monoisotopic (exact) mass is 346 g/mol. The maximum atomic E-state index is 12.9. The van der Waals surface area contributed by atoms with E-state index in [1.807, 2.05) is 0 Å². The van der Waals surface area contributed by atoms with Crippen molar-refractivity contribution in [2.24, 2.45) is 5.92 Å². The molecule has 128 valence electrons. The van der Waals surface area contributed by atoms with Crippen LogP contribution in [-0.4, -0.2) is 21.5 Å². The van der Waals surface area contributed by atoms with Crippen LogP contribution in [0.4, 0.5) is 5.69 Å². The van der Waals surface area contributed by atoms with Crippen molar-refractivity contribution < 1.29 is 14.5 Å². The summed E-state index contributed by atoms with van der Waals surface area (Å²) in [4.78, 5) is 40.7. The van der Waals surface area contributed by atoms with Gasteiger partial charge in [0.25, 0.3) is 5.69 Å². The van der Waals surface area contributed by atoms with Crippen LogP contribution in [-0.2, 0) is 6.42 Å². The smallest absolute Gasteiger partial charge is 0.270 e. The normalized spacial score (nSPS) is 17.8. The summed E-state index contributed by atoms with van der Waals surface area (Å²) in [6, 6.07) is 6.03. The average molecular weight is 346 g/mol. The zero-order valence-corrected chi connectivity index (χ0v) is 13.9. The second kappa shape index (κ2) is 5.84. The van der Waals surface area contributed by atoms with E-state index in [2.05, 4.69) is 4.98 Å². The summed E-state index contributed by atoms with van der Waals surface area (Å²) in [6.07, 6.45) is 7.24. The number of pyridine rings is 1. The Morgan fingerprint density at radius 3 is 2.73 bits per heavy atom. The van der Waals surface area contributed by atoms with Crippen LogP contribution in [0.15, 0.2) is 42.5 Å². The van der Waals surface area contributed by atoms with Gasteiger partial charge < -0.3 is 0 Å². The molecule has 6 heteroatoms. The summed E-state index contributed by atoms with van der Waals surface area (Å²) >= 11 is 0. The van der Waals surface area contributed by atoms with E-state index >= 15 is 0 Å². The average Bonchev–Trinajstić information content (AvgIpc) is 2.63. The molecule has 1 aromatic carbocycles. The van der Waals surface area contributed by atoms with Gasteiger partial charge in [-0.1, -0.05) is 31.2 Å². The zero-order chi connectivity index (χ0) is 18.4. The van der Waals surface area contributed by atoms with E-state index in [0.29, 0.717) is 40.1 Å². The van der Waals surface area contributed by atoms with Gasteiger partial charge in [0.15, 0.2) is 11.6 Å². The summed E-state index contributed by atoms with van der Waals surface area (Å²) in [5.41, 5.74) is 2.66. The molecule has 0 bridgehead atoms. The minimum absolute atomic E-state index is 0.0903. The van der Waals surface area contributed by atoms with Crippen LogP contribution < -0.4 is 0 Å². The molecule has 6 nitrogen and oxygen atoms in total. The molecule has 2 aliphatic rings. The maximum Gasteiger partial charge on any atom is 0.270 e. The van der Waals surface area contributed by atoms with Gasteiger partial charge in [0.1, 0.15) is 0 Å². The fourth-order valence-electron chi connectivity index (χ4n) is 3.41. The van der Waals surface area contributed by atoms with Crippen LogP contribution in [0.1, 0.15) is 39.0 Å². The molecule has 0 aliphatic heterocycles. The van der Waals surface area contributed by atoms with Crippen LogP contribution in [0.25, 0.3) is 17.2 Å². The number of carbonyl (C=O) groups excluding carboxylic acids is 2. The number of carbonyl (C=O) groups is 2. The predicted molar refractivity (Wildman–Crippen MR) is 96.0 cm³/mol. The minimum atomic E-state index is -0.490. The van der Waals surface area contributed by atoms with Crippen molar-refractivity contribution in [1.29, 1.82) is 0 Å². The third kappa shape index (κ3) is 2.38. The molecule has 0 N–H and O–H groups in total. The summed E-state index contributed by atoms with van der Waals surface area (Å²) in [6.45, 7) is 1.78. The third-order valence-corrected chi connectivity index (χ3v) is 4.68. The number of ketones is 2. The zero-order valence-electron chi connectivity index (χ0n) is 13.9. The molecule has 0 spiro atoms. The van der Waals surface area contributed by atoms with Crippen molar-refractivity contribution in [3.05, 3.63) is 75.1 Å². The van der Waals surface area contributed by atoms with Crippen molar-refractivity contribution in [3.63, 3.8) is 0 Å². The Kier molecular flexibility index (Phi) is 3.61. The number of hydrogen-bond donors (Lipinski definition) is 0. The molecule has 26 heavy (non-hydrogen) atoms. The number of aromatic nitrogens is 1. The van der Waals surface area contributed by atoms with Gasteiger partial charge in [-0.25, -0.2) is 0 Å². The van der Waals surface area contributed by atoms with Gasteiger partial charge >= 0.3 is 0 Å². The molecule has 2 aromatic rings. The number of nitro groups is 1. The lowest BCUT2D eigenvalue weighted by atomic mass is 9.81. The summed E-state index contributed by atoms with van der Waals surface area (Å²) < 4.78 is 0. The van der Waals surface area contributed by atoms with Gasteiger partial charge in [-0.3, -0.25) is 24.7 Å². The van der Waals surface area contributed by atoms with Gasteiger partial charge in [0, 0.05) is 30.0 Å². The first-order chi connectivity index (χ1) is 12.5. The Labute approximate surface area is 149 Å². The first-order valence-electron chi connectivity index (χ1n) is 8.22. The van der Waals surface area contributed by atoms with Gasteiger partial charge in [-0.05, 0) is 17.7 Å². The molecule has 4 rings (SSSR count). The maximum absolute atomic E-state index is 12.9. The van der Waals surface area contributed by atoms with E-state index < -0.39 is 4.92 Å². The van der Waals surface area contributed by atoms with E-state index in [9.17, 15) is 19.7 Å². The highest BCUT2D eigenvalue weighted by Gasteiger charge is 2.31. The summed E-state index contributed by atoms with van der Waals surface area (Å²) in [7, 11) is 0. The standard InChI is InChI=1S/C20H14N2O4/c1-11-8-9-15-19(20(11)24)17(12-4-2-5-13(10-12)22(25)26)18-14(21-15)6-3-7-16(18)23/h2-5,7-11H,6H2,1H3. The van der Waals surface area contributed by atoms with Crippen molar-refractivity contribution in [3.8, 4) is 11.1 Å². The van der Waals surface area contributed by atoms with E-state index in [-0.39, 0.29) is 23.2 Å². The van der Waals surface area contributed by atoms with Gasteiger partial charge in [0.05, 0.1) is 27.4 Å². The Bertz CT molecular complexity index is 1050. The number of non-ortho nitro benzene ring substituents is 1. The number of nitrogens with zero attached hydrogens (tertiary/aromatic N) is 2. The highest BCUT2D eigenvalue weighted by atomic mass is 16.6. The lowest BCUT2D eigenvalue weighted by Gasteiger charge is -2.23. The molecule has 0 amide bonds. The topological polar surface area (TPSA) is 90.2 Å². The first-order valence-corrected chi connectivity index (χ1v) is 8.22. The van der Waals surface area contributed by atoms with Crippen LogP contribution in [0.3, 0.4) is 0 Å². The second-order valence-electron chi connectivity index (χ2n) is 6.36. The lowest BCUT2D eigenvalue weighted by Crippen LogP contribution is -2.21. The molecular weight excluding hydrogens is 332 g/mol. The molecule has 0 saturated heterocycles. The molecule has 1 aromatic heterocycles. The fraction of sp³-hybridized carbons (Fsp3) is 0.150. The lowest BCUT2D eigenvalue weighted by molar-refractivity contribution is -0.384. The second-order valence-corrected chi connectivity index (χ2v) is 6.36. The van der Waals surface area contributed by atoms with E-state index in [4.69, 9.17) is 0 Å². The number of allylic oxidation sites excluding steroid dienone is 3. The molecule has 1 atom stereocenters. The van der Waals surface area contributed by atoms with Crippen LogP contribution in [0.5, 0.6) is 0 Å². The number of benzene rings is 1. The Morgan fingerprint density at radius 1 is 1.15 bits per heavy atom. The van der Waals surface area contributed by atoms with E-state index in [1.54, 1.807) is 37.3 Å². The highest BCUT2D eigenvalue weighted by molar-refractivity contribution is 6.17. The van der Waals surface area contributed by atoms with Gasteiger partial charge in [0.2, 0.25) is 0 Å². The predicted octanol–water partition coefficient (Wildman–Crippen LogP) is 3.80. The molecular formula is C20H14N2O4.